The average molecular weight is 368 g/mol. The molecule has 0 radical (unpaired) electrons. The minimum absolute atomic E-state index is 0.0138. The number of nitrogens with one attached hydrogen (secondary N) is 1. The van der Waals surface area contributed by atoms with Crippen LogP contribution in [0.5, 0.6) is 0 Å². The lowest BCUT2D eigenvalue weighted by Crippen LogP contribution is -2.44. The molecular weight excluding hydrogens is 340 g/mol. The number of benzene rings is 1. The van der Waals surface area contributed by atoms with Crippen molar-refractivity contribution in [3.8, 4) is 0 Å². The molecule has 0 saturated carbocycles. The number of hydrogen-bond donors (Lipinski definition) is 1. The monoisotopic (exact) mass is 368 g/mol. The van der Waals surface area contributed by atoms with E-state index in [-0.39, 0.29) is 17.7 Å². The molecule has 1 amide bonds. The SMILES string of the molecule is CCC1CN(S(=O)(=O)c2ccccc2)CCC1CC(=O)NCCOC. The molecule has 2 atom stereocenters. The molecule has 6 nitrogen and oxygen atoms in total. The molecule has 1 aromatic carbocycles. The first-order valence-corrected chi connectivity index (χ1v) is 10.2. The number of sulfonamides is 1. The Morgan fingerprint density at radius 1 is 1.28 bits per heavy atom. The van der Waals surface area contributed by atoms with E-state index >= 15 is 0 Å². The Hall–Kier alpha value is -1.44. The van der Waals surface area contributed by atoms with Gasteiger partial charge in [0.1, 0.15) is 0 Å². The third kappa shape index (κ3) is 5.26. The number of methoxy groups -OCH3 is 1. The Balaban J connectivity index is 1.98. The van der Waals surface area contributed by atoms with Gasteiger partial charge in [-0.15, -0.1) is 0 Å². The summed E-state index contributed by atoms with van der Waals surface area (Å²) in [4.78, 5) is 12.4. The van der Waals surface area contributed by atoms with Gasteiger partial charge in [0.25, 0.3) is 0 Å². The normalized spacial score (nSPS) is 21.8. The van der Waals surface area contributed by atoms with Crippen molar-refractivity contribution in [2.24, 2.45) is 11.8 Å². The van der Waals surface area contributed by atoms with Crippen molar-refractivity contribution in [3.63, 3.8) is 0 Å². The molecule has 0 bridgehead atoms. The molecule has 0 aromatic heterocycles. The number of piperidine rings is 1. The zero-order valence-electron chi connectivity index (χ0n) is 15.0. The summed E-state index contributed by atoms with van der Waals surface area (Å²) in [5.41, 5.74) is 0. The van der Waals surface area contributed by atoms with Crippen molar-refractivity contribution in [1.29, 1.82) is 0 Å². The van der Waals surface area contributed by atoms with Gasteiger partial charge in [-0.3, -0.25) is 4.79 Å². The highest BCUT2D eigenvalue weighted by Gasteiger charge is 2.35. The molecule has 2 unspecified atom stereocenters. The molecule has 2 rings (SSSR count). The van der Waals surface area contributed by atoms with Crippen LogP contribution < -0.4 is 5.32 Å². The van der Waals surface area contributed by atoms with E-state index in [2.05, 4.69) is 12.2 Å². The number of carbonyl (C=O) groups is 1. The molecule has 7 heteroatoms. The summed E-state index contributed by atoms with van der Waals surface area (Å²) < 4.78 is 32.1. The summed E-state index contributed by atoms with van der Waals surface area (Å²) in [5.74, 6) is 0.426. The van der Waals surface area contributed by atoms with Crippen LogP contribution in [0.1, 0.15) is 26.2 Å². The van der Waals surface area contributed by atoms with Gasteiger partial charge in [0.2, 0.25) is 15.9 Å². The number of rotatable bonds is 8. The minimum Gasteiger partial charge on any atom is -0.383 e. The first-order valence-electron chi connectivity index (χ1n) is 8.79. The van der Waals surface area contributed by atoms with E-state index in [1.165, 1.54) is 0 Å². The van der Waals surface area contributed by atoms with Crippen LogP contribution in [0.2, 0.25) is 0 Å². The highest BCUT2D eigenvalue weighted by Crippen LogP contribution is 2.31. The second-order valence-electron chi connectivity index (χ2n) is 6.44. The van der Waals surface area contributed by atoms with Crippen LogP contribution in [0.4, 0.5) is 0 Å². The number of amides is 1. The van der Waals surface area contributed by atoms with E-state index in [0.717, 1.165) is 6.42 Å². The molecule has 1 aliphatic heterocycles. The van der Waals surface area contributed by atoms with Gasteiger partial charge >= 0.3 is 0 Å². The fourth-order valence-corrected chi connectivity index (χ4v) is 4.87. The highest BCUT2D eigenvalue weighted by molar-refractivity contribution is 7.89. The van der Waals surface area contributed by atoms with Crippen LogP contribution >= 0.6 is 0 Å². The number of nitrogens with zero attached hydrogens (tertiary/aromatic N) is 1. The molecule has 1 heterocycles. The Labute approximate surface area is 150 Å². The summed E-state index contributed by atoms with van der Waals surface area (Å²) in [6.07, 6.45) is 2.01. The maximum absolute atomic E-state index is 12.8. The van der Waals surface area contributed by atoms with E-state index in [1.54, 1.807) is 35.7 Å². The van der Waals surface area contributed by atoms with E-state index in [4.69, 9.17) is 4.74 Å². The lowest BCUT2D eigenvalue weighted by atomic mass is 9.82. The van der Waals surface area contributed by atoms with Gasteiger partial charge in [0.15, 0.2) is 0 Å². The lowest BCUT2D eigenvalue weighted by Gasteiger charge is -2.37. The zero-order chi connectivity index (χ0) is 18.3. The highest BCUT2D eigenvalue weighted by atomic mass is 32.2. The predicted octanol–water partition coefficient (Wildman–Crippen LogP) is 1.88. The van der Waals surface area contributed by atoms with Gasteiger partial charge < -0.3 is 10.1 Å². The second kappa shape index (κ2) is 9.31. The summed E-state index contributed by atoms with van der Waals surface area (Å²) in [6.45, 7) is 4.00. The van der Waals surface area contributed by atoms with Crippen LogP contribution in [-0.2, 0) is 19.6 Å². The van der Waals surface area contributed by atoms with Gasteiger partial charge in [-0.05, 0) is 30.4 Å². The minimum atomic E-state index is -3.46. The Kier molecular flexibility index (Phi) is 7.40. The van der Waals surface area contributed by atoms with Crippen molar-refractivity contribution in [2.75, 3.05) is 33.4 Å². The van der Waals surface area contributed by atoms with Gasteiger partial charge in [0, 0.05) is 33.2 Å². The van der Waals surface area contributed by atoms with Crippen molar-refractivity contribution in [1.82, 2.24) is 9.62 Å². The fraction of sp³-hybridized carbons (Fsp3) is 0.611. The molecule has 1 aliphatic rings. The van der Waals surface area contributed by atoms with Gasteiger partial charge in [-0.1, -0.05) is 31.5 Å². The lowest BCUT2D eigenvalue weighted by molar-refractivity contribution is -0.123. The molecule has 25 heavy (non-hydrogen) atoms. The predicted molar refractivity (Wildman–Crippen MR) is 96.6 cm³/mol. The van der Waals surface area contributed by atoms with Crippen LogP contribution in [0.15, 0.2) is 35.2 Å². The van der Waals surface area contributed by atoms with E-state index in [9.17, 15) is 13.2 Å². The van der Waals surface area contributed by atoms with Crippen LogP contribution in [0.25, 0.3) is 0 Å². The van der Waals surface area contributed by atoms with Crippen molar-refractivity contribution in [2.45, 2.75) is 31.1 Å². The first-order chi connectivity index (χ1) is 12.0. The Morgan fingerprint density at radius 2 is 2.00 bits per heavy atom. The number of hydrogen-bond acceptors (Lipinski definition) is 4. The molecule has 1 fully saturated rings. The second-order valence-corrected chi connectivity index (χ2v) is 8.38. The van der Waals surface area contributed by atoms with Crippen LogP contribution in [0.3, 0.4) is 0 Å². The number of carbonyl (C=O) groups excluding carboxylic acids is 1. The van der Waals surface area contributed by atoms with Crippen LogP contribution in [-0.4, -0.2) is 52.0 Å². The van der Waals surface area contributed by atoms with Gasteiger partial charge in [-0.2, -0.15) is 4.31 Å². The van der Waals surface area contributed by atoms with Gasteiger partial charge in [0.05, 0.1) is 11.5 Å². The maximum atomic E-state index is 12.8. The molecule has 1 saturated heterocycles. The molecular formula is C18H28N2O4S. The summed E-state index contributed by atoms with van der Waals surface area (Å²) in [6, 6.07) is 8.54. The standard InChI is InChI=1S/C18H28N2O4S/c1-3-15-14-20(25(22,23)17-7-5-4-6-8-17)11-9-16(15)13-18(21)19-10-12-24-2/h4-8,15-16H,3,9-14H2,1-2H3,(H,19,21). The van der Waals surface area contributed by atoms with Crippen LogP contribution in [0, 0.1) is 11.8 Å². The van der Waals surface area contributed by atoms with Crippen molar-refractivity contribution in [3.05, 3.63) is 30.3 Å². The smallest absolute Gasteiger partial charge is 0.243 e. The quantitative estimate of drug-likeness (QED) is 0.711. The van der Waals surface area contributed by atoms with E-state index < -0.39 is 10.0 Å². The molecule has 0 aliphatic carbocycles. The van der Waals surface area contributed by atoms with E-state index in [1.807, 2.05) is 6.07 Å². The Bertz CT molecular complexity index is 648. The van der Waals surface area contributed by atoms with Crippen molar-refractivity contribution < 1.29 is 17.9 Å². The van der Waals surface area contributed by atoms with Crippen molar-refractivity contribution >= 4 is 15.9 Å². The first kappa shape index (κ1) is 19.9. The zero-order valence-corrected chi connectivity index (χ0v) is 15.8. The summed E-state index contributed by atoms with van der Waals surface area (Å²) in [7, 11) is -1.86. The molecule has 1 N–H and O–H groups in total. The molecule has 140 valence electrons. The molecule has 1 aromatic rings. The fourth-order valence-electron chi connectivity index (χ4n) is 3.34. The van der Waals surface area contributed by atoms with E-state index in [0.29, 0.717) is 44.0 Å². The third-order valence-corrected chi connectivity index (χ3v) is 6.71. The van der Waals surface area contributed by atoms with Gasteiger partial charge in [-0.25, -0.2) is 8.42 Å². The molecule has 0 spiro atoms. The Morgan fingerprint density at radius 3 is 2.64 bits per heavy atom. The largest absolute Gasteiger partial charge is 0.383 e. The maximum Gasteiger partial charge on any atom is 0.243 e. The summed E-state index contributed by atoms with van der Waals surface area (Å²) >= 11 is 0. The topological polar surface area (TPSA) is 75.7 Å². The summed E-state index contributed by atoms with van der Waals surface area (Å²) in [5, 5.41) is 2.85. The third-order valence-electron chi connectivity index (χ3n) is 4.84. The average Bonchev–Trinajstić information content (AvgIpc) is 2.63. The number of ether oxygens (including phenoxy) is 1.